The molecule has 1 unspecified atom stereocenters. The molecule has 0 spiro atoms. The Bertz CT molecular complexity index is 145. The zero-order chi connectivity index (χ0) is 15.5. The minimum absolute atomic E-state index is 0.657. The highest BCUT2D eigenvalue weighted by Gasteiger charge is 1.96. The second-order valence-corrected chi connectivity index (χ2v) is 5.02. The van der Waals surface area contributed by atoms with Crippen molar-refractivity contribution in [3.63, 3.8) is 0 Å². The Kier molecular flexibility index (Phi) is 23.4. The topological polar surface area (TPSA) is 48.1 Å². The van der Waals surface area contributed by atoms with Crippen LogP contribution in [0.2, 0.25) is 0 Å². The first-order valence-corrected chi connectivity index (χ1v) is 8.58. The van der Waals surface area contributed by atoms with Gasteiger partial charge >= 0.3 is 0 Å². The van der Waals surface area contributed by atoms with E-state index >= 15 is 0 Å². The Morgan fingerprint density at radius 3 is 1.50 bits per heavy atom. The quantitative estimate of drug-likeness (QED) is 0.391. The average Bonchev–Trinajstić information content (AvgIpc) is 2.44. The molecule has 0 aromatic rings. The summed E-state index contributed by atoms with van der Waals surface area (Å²) < 4.78 is 0. The molecule has 4 N–H and O–H groups in total. The lowest BCUT2D eigenvalue weighted by Crippen LogP contribution is -2.29. The molecule has 124 valence electrons. The van der Waals surface area contributed by atoms with Crippen molar-refractivity contribution in [1.29, 1.82) is 0 Å². The lowest BCUT2D eigenvalue weighted by Gasteiger charge is -2.11. The standard InChI is InChI=1S/2C8H20N2/c1-4-9-7-6-8(3)10-5-2;1-3-9-7-5-6-8-10-4-2/h8-10H,4-7H2,1-3H3;9-10H,3-8H2,1-2H3. The number of nitrogens with one attached hydrogen (secondary N) is 4. The number of hydrogen-bond acceptors (Lipinski definition) is 4. The lowest BCUT2D eigenvalue weighted by atomic mass is 10.2. The first-order chi connectivity index (χ1) is 9.72. The summed E-state index contributed by atoms with van der Waals surface area (Å²) in [5.74, 6) is 0. The van der Waals surface area contributed by atoms with Crippen LogP contribution in [-0.2, 0) is 0 Å². The van der Waals surface area contributed by atoms with E-state index in [1.165, 1.54) is 32.4 Å². The molecule has 4 nitrogen and oxygen atoms in total. The van der Waals surface area contributed by atoms with Crippen LogP contribution in [-0.4, -0.2) is 51.9 Å². The van der Waals surface area contributed by atoms with Gasteiger partial charge in [0.05, 0.1) is 0 Å². The van der Waals surface area contributed by atoms with E-state index < -0.39 is 0 Å². The van der Waals surface area contributed by atoms with Crippen LogP contribution in [0.1, 0.15) is 53.9 Å². The molecular formula is C16H40N4. The van der Waals surface area contributed by atoms with Crippen LogP contribution in [0.4, 0.5) is 0 Å². The van der Waals surface area contributed by atoms with Gasteiger partial charge in [0.15, 0.2) is 0 Å². The second kappa shape index (κ2) is 21.1. The van der Waals surface area contributed by atoms with E-state index in [2.05, 4.69) is 55.9 Å². The SMILES string of the molecule is CCNCCC(C)NCC.CCNCCCCNCC. The molecule has 0 aromatic heterocycles. The monoisotopic (exact) mass is 288 g/mol. The highest BCUT2D eigenvalue weighted by molar-refractivity contribution is 4.59. The van der Waals surface area contributed by atoms with Gasteiger partial charge in [-0.2, -0.15) is 0 Å². The highest BCUT2D eigenvalue weighted by Crippen LogP contribution is 1.86. The summed E-state index contributed by atoms with van der Waals surface area (Å²) in [7, 11) is 0. The van der Waals surface area contributed by atoms with Crippen molar-refractivity contribution in [2.45, 2.75) is 59.9 Å². The van der Waals surface area contributed by atoms with Gasteiger partial charge in [0, 0.05) is 6.04 Å². The van der Waals surface area contributed by atoms with Gasteiger partial charge in [-0.3, -0.25) is 0 Å². The van der Waals surface area contributed by atoms with Gasteiger partial charge in [-0.1, -0.05) is 27.7 Å². The molecule has 0 fully saturated rings. The molecule has 0 heterocycles. The molecule has 0 saturated heterocycles. The first-order valence-electron chi connectivity index (χ1n) is 8.58. The zero-order valence-corrected chi connectivity index (χ0v) is 14.6. The van der Waals surface area contributed by atoms with Gasteiger partial charge in [0.2, 0.25) is 0 Å². The van der Waals surface area contributed by atoms with Crippen LogP contribution in [0.5, 0.6) is 0 Å². The van der Waals surface area contributed by atoms with Gasteiger partial charge in [0.25, 0.3) is 0 Å². The largest absolute Gasteiger partial charge is 0.317 e. The highest BCUT2D eigenvalue weighted by atomic mass is 14.9. The molecule has 0 saturated carbocycles. The van der Waals surface area contributed by atoms with Crippen molar-refractivity contribution in [3.8, 4) is 0 Å². The Hall–Kier alpha value is -0.160. The van der Waals surface area contributed by atoms with Crippen LogP contribution in [0, 0.1) is 0 Å². The smallest absolute Gasteiger partial charge is 0.00506 e. The van der Waals surface area contributed by atoms with Crippen LogP contribution in [0.3, 0.4) is 0 Å². The predicted molar refractivity (Wildman–Crippen MR) is 92.6 cm³/mol. The molecule has 1 atom stereocenters. The summed E-state index contributed by atoms with van der Waals surface area (Å²) in [6.45, 7) is 18.6. The van der Waals surface area contributed by atoms with Gasteiger partial charge in [-0.05, 0) is 72.0 Å². The first kappa shape index (κ1) is 22.1. The van der Waals surface area contributed by atoms with E-state index in [0.29, 0.717) is 6.04 Å². The summed E-state index contributed by atoms with van der Waals surface area (Å²) in [5.41, 5.74) is 0. The van der Waals surface area contributed by atoms with Gasteiger partial charge < -0.3 is 21.3 Å². The van der Waals surface area contributed by atoms with Gasteiger partial charge in [-0.15, -0.1) is 0 Å². The molecule has 0 aromatic carbocycles. The van der Waals surface area contributed by atoms with E-state index in [-0.39, 0.29) is 0 Å². The Morgan fingerprint density at radius 2 is 1.10 bits per heavy atom. The summed E-state index contributed by atoms with van der Waals surface area (Å²) in [6, 6.07) is 0.657. The Balaban J connectivity index is 0. The number of hydrogen-bond donors (Lipinski definition) is 4. The van der Waals surface area contributed by atoms with E-state index in [4.69, 9.17) is 0 Å². The van der Waals surface area contributed by atoms with Gasteiger partial charge in [-0.25, -0.2) is 0 Å². The molecule has 0 aliphatic rings. The molecule has 0 radical (unpaired) electrons. The second-order valence-electron chi connectivity index (χ2n) is 5.02. The maximum Gasteiger partial charge on any atom is 0.00506 e. The Labute approximate surface area is 127 Å². The van der Waals surface area contributed by atoms with E-state index in [1.54, 1.807) is 0 Å². The van der Waals surface area contributed by atoms with Crippen molar-refractivity contribution in [3.05, 3.63) is 0 Å². The molecule has 0 rings (SSSR count). The van der Waals surface area contributed by atoms with Crippen LogP contribution in [0.15, 0.2) is 0 Å². The Morgan fingerprint density at radius 1 is 0.650 bits per heavy atom. The molecule has 0 aliphatic heterocycles. The third-order valence-corrected chi connectivity index (χ3v) is 3.01. The lowest BCUT2D eigenvalue weighted by molar-refractivity contribution is 0.509. The van der Waals surface area contributed by atoms with Crippen LogP contribution < -0.4 is 21.3 Å². The van der Waals surface area contributed by atoms with Crippen molar-refractivity contribution in [1.82, 2.24) is 21.3 Å². The minimum atomic E-state index is 0.657. The van der Waals surface area contributed by atoms with Crippen LogP contribution >= 0.6 is 0 Å². The maximum absolute atomic E-state index is 3.36. The predicted octanol–water partition coefficient (Wildman–Crippen LogP) is 1.97. The third kappa shape index (κ3) is 23.0. The average molecular weight is 289 g/mol. The van der Waals surface area contributed by atoms with Crippen molar-refractivity contribution in [2.24, 2.45) is 0 Å². The van der Waals surface area contributed by atoms with E-state index in [9.17, 15) is 0 Å². The summed E-state index contributed by atoms with van der Waals surface area (Å²) in [6.07, 6.45) is 3.81. The molecular weight excluding hydrogens is 248 g/mol. The molecule has 0 amide bonds. The molecule has 4 heteroatoms. The normalized spacial score (nSPS) is 11.8. The molecule has 0 aliphatic carbocycles. The zero-order valence-electron chi connectivity index (χ0n) is 14.6. The minimum Gasteiger partial charge on any atom is -0.317 e. The summed E-state index contributed by atoms with van der Waals surface area (Å²) >= 11 is 0. The fourth-order valence-corrected chi connectivity index (χ4v) is 1.80. The fourth-order valence-electron chi connectivity index (χ4n) is 1.80. The number of rotatable bonds is 13. The molecule has 20 heavy (non-hydrogen) atoms. The van der Waals surface area contributed by atoms with Crippen molar-refractivity contribution < 1.29 is 0 Å². The van der Waals surface area contributed by atoms with Crippen molar-refractivity contribution >= 4 is 0 Å². The van der Waals surface area contributed by atoms with E-state index in [1.807, 2.05) is 0 Å². The third-order valence-electron chi connectivity index (χ3n) is 3.01. The van der Waals surface area contributed by atoms with Crippen LogP contribution in [0.25, 0.3) is 0 Å². The fraction of sp³-hybridized carbons (Fsp3) is 1.00. The maximum atomic E-state index is 3.36. The summed E-state index contributed by atoms with van der Waals surface area (Å²) in [5, 5.41) is 13.3. The van der Waals surface area contributed by atoms with Gasteiger partial charge in [0.1, 0.15) is 0 Å². The number of unbranched alkanes of at least 4 members (excludes halogenated alkanes) is 1. The van der Waals surface area contributed by atoms with E-state index in [0.717, 1.165) is 32.7 Å². The summed E-state index contributed by atoms with van der Waals surface area (Å²) in [4.78, 5) is 0. The van der Waals surface area contributed by atoms with Crippen molar-refractivity contribution in [2.75, 3.05) is 45.8 Å². The molecule has 0 bridgehead atoms.